The Bertz CT molecular complexity index is 767. The number of carbonyl (C=O) groups excluding carboxylic acids is 1. The lowest BCUT2D eigenvalue weighted by Crippen LogP contribution is -2.24. The number of aryl methyl sites for hydroxylation is 1. The first-order valence-electron chi connectivity index (χ1n) is 6.61. The molecule has 0 aromatic carbocycles. The fraction of sp³-hybridized carbons (Fsp3) is 0.143. The van der Waals surface area contributed by atoms with E-state index in [9.17, 15) is 4.79 Å². The number of hydrogen-bond donors (Lipinski definition) is 2. The number of aromatic nitrogens is 6. The van der Waals surface area contributed by atoms with Gasteiger partial charge in [-0.25, -0.2) is 9.97 Å². The van der Waals surface area contributed by atoms with Crippen LogP contribution in [0, 0.1) is 6.92 Å². The summed E-state index contributed by atoms with van der Waals surface area (Å²) in [6, 6.07) is 3.63. The van der Waals surface area contributed by atoms with Crippen LogP contribution in [-0.2, 0) is 6.54 Å². The van der Waals surface area contributed by atoms with E-state index in [1.54, 1.807) is 18.6 Å². The van der Waals surface area contributed by atoms with E-state index in [0.717, 1.165) is 11.3 Å². The average Bonchev–Trinajstić information content (AvgIpc) is 3.03. The number of carbonyl (C=O) groups is 1. The molecule has 0 spiro atoms. The minimum absolute atomic E-state index is 0.229. The van der Waals surface area contributed by atoms with Gasteiger partial charge in [-0.2, -0.15) is 5.10 Å². The summed E-state index contributed by atoms with van der Waals surface area (Å²) in [6.07, 6.45) is 6.32. The molecule has 0 aliphatic carbocycles. The van der Waals surface area contributed by atoms with E-state index in [0.29, 0.717) is 11.6 Å². The second kappa shape index (κ2) is 6.08. The van der Waals surface area contributed by atoms with E-state index < -0.39 is 0 Å². The molecule has 3 rings (SSSR count). The molecule has 0 aliphatic heterocycles. The molecule has 2 N–H and O–H groups in total. The number of aromatic amines is 1. The third-order valence-electron chi connectivity index (χ3n) is 2.90. The van der Waals surface area contributed by atoms with Crippen molar-refractivity contribution in [2.75, 3.05) is 0 Å². The summed E-state index contributed by atoms with van der Waals surface area (Å²) in [4.78, 5) is 28.2. The molecule has 0 fully saturated rings. The topological polar surface area (TPSA) is 109 Å². The Labute approximate surface area is 126 Å². The molecule has 0 saturated heterocycles. The summed E-state index contributed by atoms with van der Waals surface area (Å²) < 4.78 is 0. The summed E-state index contributed by atoms with van der Waals surface area (Å²) in [5.41, 5.74) is 1.88. The molecule has 8 nitrogen and oxygen atoms in total. The van der Waals surface area contributed by atoms with Gasteiger partial charge in [-0.3, -0.25) is 19.9 Å². The highest BCUT2D eigenvalue weighted by molar-refractivity contribution is 5.91. The first-order chi connectivity index (χ1) is 10.7. The standard InChI is InChI=1S/C14H13N7O/c1-9-6-17-11(7-16-9)14(22)18-8-12-19-13(21-20-12)10-2-4-15-5-3-10/h2-7H,8H2,1H3,(H,18,22)(H,19,20,21). The first kappa shape index (κ1) is 13.8. The van der Waals surface area contributed by atoms with Crippen LogP contribution in [-0.4, -0.2) is 36.0 Å². The third kappa shape index (κ3) is 3.11. The summed E-state index contributed by atoms with van der Waals surface area (Å²) in [6.45, 7) is 2.04. The molecule has 3 aromatic heterocycles. The van der Waals surface area contributed by atoms with Crippen molar-refractivity contribution in [1.82, 2.24) is 35.5 Å². The molecular weight excluding hydrogens is 282 g/mol. The van der Waals surface area contributed by atoms with Crippen LogP contribution in [0.4, 0.5) is 0 Å². The minimum Gasteiger partial charge on any atom is -0.343 e. The molecule has 3 heterocycles. The van der Waals surface area contributed by atoms with E-state index in [2.05, 4.69) is 35.5 Å². The van der Waals surface area contributed by atoms with Crippen LogP contribution in [0.25, 0.3) is 11.4 Å². The Morgan fingerprint density at radius 3 is 2.77 bits per heavy atom. The summed E-state index contributed by atoms with van der Waals surface area (Å²) in [5, 5.41) is 9.61. The average molecular weight is 295 g/mol. The van der Waals surface area contributed by atoms with Crippen molar-refractivity contribution in [1.29, 1.82) is 0 Å². The van der Waals surface area contributed by atoms with Crippen molar-refractivity contribution >= 4 is 5.91 Å². The van der Waals surface area contributed by atoms with Gasteiger partial charge in [0, 0.05) is 24.2 Å². The highest BCUT2D eigenvalue weighted by Gasteiger charge is 2.10. The Morgan fingerprint density at radius 2 is 2.05 bits per heavy atom. The molecule has 3 aromatic rings. The van der Waals surface area contributed by atoms with Crippen LogP contribution in [0.15, 0.2) is 36.9 Å². The van der Waals surface area contributed by atoms with E-state index in [1.165, 1.54) is 6.20 Å². The van der Waals surface area contributed by atoms with Crippen LogP contribution < -0.4 is 5.32 Å². The molecule has 0 unspecified atom stereocenters. The molecule has 22 heavy (non-hydrogen) atoms. The number of hydrogen-bond acceptors (Lipinski definition) is 6. The maximum Gasteiger partial charge on any atom is 0.271 e. The number of rotatable bonds is 4. The van der Waals surface area contributed by atoms with Gasteiger partial charge in [-0.15, -0.1) is 0 Å². The van der Waals surface area contributed by atoms with Gasteiger partial charge in [0.05, 0.1) is 18.4 Å². The zero-order valence-corrected chi connectivity index (χ0v) is 11.8. The smallest absolute Gasteiger partial charge is 0.271 e. The highest BCUT2D eigenvalue weighted by atomic mass is 16.1. The number of amides is 1. The van der Waals surface area contributed by atoms with Gasteiger partial charge in [0.2, 0.25) is 0 Å². The van der Waals surface area contributed by atoms with Gasteiger partial charge in [0.1, 0.15) is 11.5 Å². The molecule has 1 amide bonds. The Kier molecular flexibility index (Phi) is 3.82. The zero-order valence-electron chi connectivity index (χ0n) is 11.8. The van der Waals surface area contributed by atoms with E-state index >= 15 is 0 Å². The minimum atomic E-state index is -0.311. The Hall–Kier alpha value is -3.16. The van der Waals surface area contributed by atoms with Crippen molar-refractivity contribution < 1.29 is 4.79 Å². The van der Waals surface area contributed by atoms with Crippen LogP contribution >= 0.6 is 0 Å². The summed E-state index contributed by atoms with van der Waals surface area (Å²) in [7, 11) is 0. The maximum atomic E-state index is 11.9. The van der Waals surface area contributed by atoms with Crippen molar-refractivity contribution in [3.63, 3.8) is 0 Å². The van der Waals surface area contributed by atoms with Crippen molar-refractivity contribution in [2.45, 2.75) is 13.5 Å². The van der Waals surface area contributed by atoms with E-state index in [-0.39, 0.29) is 18.1 Å². The SMILES string of the molecule is Cc1cnc(C(=O)NCc2nc(-c3ccncc3)n[nH]2)cn1. The van der Waals surface area contributed by atoms with E-state index in [1.807, 2.05) is 19.1 Å². The van der Waals surface area contributed by atoms with Gasteiger partial charge in [-0.05, 0) is 19.1 Å². The van der Waals surface area contributed by atoms with Gasteiger partial charge in [0.15, 0.2) is 5.82 Å². The maximum absolute atomic E-state index is 11.9. The number of pyridine rings is 1. The summed E-state index contributed by atoms with van der Waals surface area (Å²) >= 11 is 0. The second-order valence-corrected chi connectivity index (χ2v) is 4.57. The van der Waals surface area contributed by atoms with Crippen LogP contribution in [0.5, 0.6) is 0 Å². The fourth-order valence-electron chi connectivity index (χ4n) is 1.77. The lowest BCUT2D eigenvalue weighted by Gasteiger charge is -2.01. The second-order valence-electron chi connectivity index (χ2n) is 4.57. The van der Waals surface area contributed by atoms with Crippen LogP contribution in [0.2, 0.25) is 0 Å². The van der Waals surface area contributed by atoms with Crippen LogP contribution in [0.1, 0.15) is 22.0 Å². The molecule has 110 valence electrons. The number of H-pyrrole nitrogens is 1. The van der Waals surface area contributed by atoms with Gasteiger partial charge in [0.25, 0.3) is 5.91 Å². The lowest BCUT2D eigenvalue weighted by molar-refractivity contribution is 0.0944. The largest absolute Gasteiger partial charge is 0.343 e. The zero-order chi connectivity index (χ0) is 15.4. The molecule has 8 heteroatoms. The van der Waals surface area contributed by atoms with Crippen molar-refractivity contribution in [3.8, 4) is 11.4 Å². The molecule has 0 radical (unpaired) electrons. The Morgan fingerprint density at radius 1 is 1.23 bits per heavy atom. The molecule has 0 bridgehead atoms. The predicted octanol–water partition coefficient (Wildman–Crippen LogP) is 0.895. The normalized spacial score (nSPS) is 10.4. The molecule has 0 atom stereocenters. The molecular formula is C14H13N7O. The van der Waals surface area contributed by atoms with Gasteiger partial charge in [-0.1, -0.05) is 0 Å². The van der Waals surface area contributed by atoms with Gasteiger partial charge >= 0.3 is 0 Å². The number of nitrogens with one attached hydrogen (secondary N) is 2. The van der Waals surface area contributed by atoms with E-state index in [4.69, 9.17) is 0 Å². The van der Waals surface area contributed by atoms with Gasteiger partial charge < -0.3 is 5.32 Å². The quantitative estimate of drug-likeness (QED) is 0.740. The predicted molar refractivity (Wildman–Crippen MR) is 77.6 cm³/mol. The monoisotopic (exact) mass is 295 g/mol. The fourth-order valence-corrected chi connectivity index (χ4v) is 1.77. The highest BCUT2D eigenvalue weighted by Crippen LogP contribution is 2.12. The van der Waals surface area contributed by atoms with Crippen molar-refractivity contribution in [3.05, 3.63) is 54.1 Å². The molecule has 0 aliphatic rings. The first-order valence-corrected chi connectivity index (χ1v) is 6.61. The third-order valence-corrected chi connectivity index (χ3v) is 2.90. The number of nitrogens with zero attached hydrogens (tertiary/aromatic N) is 5. The Balaban J connectivity index is 1.64. The van der Waals surface area contributed by atoms with Crippen molar-refractivity contribution in [2.24, 2.45) is 0 Å². The molecule has 0 saturated carbocycles. The summed E-state index contributed by atoms with van der Waals surface area (Å²) in [5.74, 6) is 0.802. The lowest BCUT2D eigenvalue weighted by atomic mass is 10.2. The van der Waals surface area contributed by atoms with Crippen LogP contribution in [0.3, 0.4) is 0 Å².